The van der Waals surface area contributed by atoms with E-state index in [2.05, 4.69) is 15.4 Å². The van der Waals surface area contributed by atoms with Crippen LogP contribution < -0.4 is 0 Å². The molecular weight excluding hydrogens is 208 g/mol. The van der Waals surface area contributed by atoms with Crippen LogP contribution in [0.2, 0.25) is 0 Å². The lowest BCUT2D eigenvalue weighted by molar-refractivity contribution is 0.160. The number of hydrogen-bond donors (Lipinski definition) is 1. The van der Waals surface area contributed by atoms with Crippen molar-refractivity contribution in [3.8, 4) is 0 Å². The summed E-state index contributed by atoms with van der Waals surface area (Å²) in [4.78, 5) is 1.38. The van der Waals surface area contributed by atoms with Gasteiger partial charge < -0.3 is 9.52 Å². The predicted molar refractivity (Wildman–Crippen MR) is 55.5 cm³/mol. The molecule has 2 rings (SSSR count). The van der Waals surface area contributed by atoms with Crippen LogP contribution in [0.4, 0.5) is 0 Å². The number of tetrazole rings is 1. The van der Waals surface area contributed by atoms with E-state index in [0.717, 1.165) is 5.76 Å². The van der Waals surface area contributed by atoms with Gasteiger partial charge in [0.15, 0.2) is 5.82 Å². The summed E-state index contributed by atoms with van der Waals surface area (Å²) >= 11 is 0. The van der Waals surface area contributed by atoms with Gasteiger partial charge in [-0.3, -0.25) is 0 Å². The third kappa shape index (κ3) is 2.90. The summed E-state index contributed by atoms with van der Waals surface area (Å²) in [5.74, 6) is 1.44. The fourth-order valence-electron chi connectivity index (χ4n) is 1.48. The zero-order valence-corrected chi connectivity index (χ0v) is 9.08. The number of aryl methyl sites for hydroxylation is 2. The van der Waals surface area contributed by atoms with Crippen LogP contribution in [0.1, 0.15) is 18.0 Å². The lowest BCUT2D eigenvalue weighted by Crippen LogP contribution is -2.12. The molecule has 1 N–H and O–H groups in total. The van der Waals surface area contributed by atoms with E-state index in [4.69, 9.17) is 4.42 Å². The summed E-state index contributed by atoms with van der Waals surface area (Å²) in [7, 11) is 1.70. The average Bonchev–Trinajstić information content (AvgIpc) is 2.87. The van der Waals surface area contributed by atoms with E-state index in [1.165, 1.54) is 4.80 Å². The molecule has 2 heterocycles. The minimum atomic E-state index is -0.464. The quantitative estimate of drug-likeness (QED) is 0.789. The number of aliphatic hydroxyl groups excluding tert-OH is 1. The van der Waals surface area contributed by atoms with Gasteiger partial charge in [0.2, 0.25) is 0 Å². The van der Waals surface area contributed by atoms with Crippen molar-refractivity contribution >= 4 is 0 Å². The lowest BCUT2D eigenvalue weighted by Gasteiger charge is -2.05. The third-order valence-electron chi connectivity index (χ3n) is 2.27. The van der Waals surface area contributed by atoms with Gasteiger partial charge in [-0.05, 0) is 23.8 Å². The number of rotatable bonds is 5. The highest BCUT2D eigenvalue weighted by molar-refractivity contribution is 4.98. The van der Waals surface area contributed by atoms with Gasteiger partial charge in [-0.1, -0.05) is 0 Å². The Morgan fingerprint density at radius 1 is 1.56 bits per heavy atom. The Morgan fingerprint density at radius 3 is 3.06 bits per heavy atom. The maximum absolute atomic E-state index is 9.75. The minimum Gasteiger partial charge on any atom is -0.469 e. The number of furan rings is 1. The van der Waals surface area contributed by atoms with E-state index in [1.807, 2.05) is 12.1 Å². The average molecular weight is 222 g/mol. The highest BCUT2D eigenvalue weighted by atomic mass is 16.3. The second-order valence-corrected chi connectivity index (χ2v) is 3.67. The molecule has 2 aromatic rings. The molecule has 16 heavy (non-hydrogen) atoms. The van der Waals surface area contributed by atoms with Crippen molar-refractivity contribution in [2.45, 2.75) is 25.4 Å². The number of nitrogens with zero attached hydrogens (tertiary/aromatic N) is 4. The maximum atomic E-state index is 9.75. The topological polar surface area (TPSA) is 77.0 Å². The van der Waals surface area contributed by atoms with Crippen molar-refractivity contribution in [3.05, 3.63) is 30.0 Å². The highest BCUT2D eigenvalue weighted by Gasteiger charge is 2.10. The van der Waals surface area contributed by atoms with Gasteiger partial charge in [-0.2, -0.15) is 4.80 Å². The zero-order valence-electron chi connectivity index (χ0n) is 9.08. The number of aliphatic hydroxyl groups is 1. The Morgan fingerprint density at radius 2 is 2.44 bits per heavy atom. The minimum absolute atomic E-state index is 0.425. The van der Waals surface area contributed by atoms with E-state index < -0.39 is 6.10 Å². The summed E-state index contributed by atoms with van der Waals surface area (Å²) in [6.07, 6.45) is 2.94. The predicted octanol–water partition coefficient (Wildman–Crippen LogP) is 0.339. The van der Waals surface area contributed by atoms with Gasteiger partial charge >= 0.3 is 0 Å². The zero-order chi connectivity index (χ0) is 11.4. The van der Waals surface area contributed by atoms with Crippen molar-refractivity contribution in [1.82, 2.24) is 20.2 Å². The van der Waals surface area contributed by atoms with E-state index in [-0.39, 0.29) is 0 Å². The van der Waals surface area contributed by atoms with Crippen molar-refractivity contribution in [2.75, 3.05) is 0 Å². The molecule has 6 nitrogen and oxygen atoms in total. The van der Waals surface area contributed by atoms with Crippen LogP contribution in [-0.4, -0.2) is 31.4 Å². The number of hydrogen-bond acceptors (Lipinski definition) is 5. The molecule has 6 heteroatoms. The standard InChI is InChI=1S/C10H14N4O2/c1-14-12-10(11-13-14)7-8(15)4-5-9-3-2-6-16-9/h2-3,6,8,15H,4-5,7H2,1H3. The fraction of sp³-hybridized carbons (Fsp3) is 0.500. The molecule has 0 aromatic carbocycles. The van der Waals surface area contributed by atoms with Crippen LogP contribution in [0.15, 0.2) is 22.8 Å². The second kappa shape index (κ2) is 4.89. The van der Waals surface area contributed by atoms with Crippen molar-refractivity contribution in [1.29, 1.82) is 0 Å². The van der Waals surface area contributed by atoms with E-state index in [9.17, 15) is 5.11 Å². The fourth-order valence-corrected chi connectivity index (χ4v) is 1.48. The van der Waals surface area contributed by atoms with Crippen molar-refractivity contribution in [2.24, 2.45) is 7.05 Å². The molecule has 2 aromatic heterocycles. The third-order valence-corrected chi connectivity index (χ3v) is 2.27. The Bertz CT molecular complexity index is 424. The molecule has 0 amide bonds. The van der Waals surface area contributed by atoms with Crippen LogP contribution in [0.3, 0.4) is 0 Å². The van der Waals surface area contributed by atoms with Crippen molar-refractivity contribution in [3.63, 3.8) is 0 Å². The second-order valence-electron chi connectivity index (χ2n) is 3.67. The molecule has 0 radical (unpaired) electrons. The first-order valence-electron chi connectivity index (χ1n) is 5.17. The first kappa shape index (κ1) is 10.8. The molecule has 1 atom stereocenters. The molecule has 0 bridgehead atoms. The van der Waals surface area contributed by atoms with Gasteiger partial charge in [0, 0.05) is 12.8 Å². The van der Waals surface area contributed by atoms with Crippen LogP contribution in [0.25, 0.3) is 0 Å². The molecule has 0 spiro atoms. The van der Waals surface area contributed by atoms with Crippen LogP contribution in [0, 0.1) is 0 Å². The van der Waals surface area contributed by atoms with E-state index in [0.29, 0.717) is 25.1 Å². The SMILES string of the molecule is Cn1nnc(CC(O)CCc2ccco2)n1. The normalized spacial score (nSPS) is 12.9. The smallest absolute Gasteiger partial charge is 0.177 e. The first-order valence-corrected chi connectivity index (χ1v) is 5.17. The number of aromatic nitrogens is 4. The van der Waals surface area contributed by atoms with Crippen LogP contribution in [-0.2, 0) is 19.9 Å². The molecule has 0 saturated heterocycles. The van der Waals surface area contributed by atoms with Crippen LogP contribution >= 0.6 is 0 Å². The lowest BCUT2D eigenvalue weighted by atomic mass is 10.1. The molecule has 0 aliphatic heterocycles. The molecule has 1 unspecified atom stereocenters. The Hall–Kier alpha value is -1.69. The molecule has 0 fully saturated rings. The van der Waals surface area contributed by atoms with Gasteiger partial charge in [-0.15, -0.1) is 10.2 Å². The van der Waals surface area contributed by atoms with E-state index in [1.54, 1.807) is 13.3 Å². The monoisotopic (exact) mass is 222 g/mol. The molecule has 0 aliphatic rings. The largest absolute Gasteiger partial charge is 0.469 e. The molecule has 86 valence electrons. The Balaban J connectivity index is 1.78. The van der Waals surface area contributed by atoms with Crippen molar-refractivity contribution < 1.29 is 9.52 Å². The van der Waals surface area contributed by atoms with Gasteiger partial charge in [0.05, 0.1) is 19.4 Å². The van der Waals surface area contributed by atoms with Gasteiger partial charge in [0.25, 0.3) is 0 Å². The summed E-state index contributed by atoms with van der Waals surface area (Å²) < 4.78 is 5.18. The summed E-state index contributed by atoms with van der Waals surface area (Å²) in [6, 6.07) is 3.74. The molecular formula is C10H14N4O2. The summed E-state index contributed by atoms with van der Waals surface area (Å²) in [6.45, 7) is 0. The van der Waals surface area contributed by atoms with E-state index >= 15 is 0 Å². The van der Waals surface area contributed by atoms with Crippen LogP contribution in [0.5, 0.6) is 0 Å². The molecule has 0 saturated carbocycles. The molecule has 0 aliphatic carbocycles. The Labute approximate surface area is 92.9 Å². The highest BCUT2D eigenvalue weighted by Crippen LogP contribution is 2.07. The Kier molecular flexibility index (Phi) is 3.31. The summed E-state index contributed by atoms with van der Waals surface area (Å²) in [5.41, 5.74) is 0. The summed E-state index contributed by atoms with van der Waals surface area (Å²) in [5, 5.41) is 21.3. The van der Waals surface area contributed by atoms with Gasteiger partial charge in [-0.25, -0.2) is 0 Å². The first-order chi connectivity index (χ1) is 7.74. The maximum Gasteiger partial charge on any atom is 0.177 e. The van der Waals surface area contributed by atoms with Gasteiger partial charge in [0.1, 0.15) is 5.76 Å².